The minimum atomic E-state index is -1.01. The number of nitrogens with zero attached hydrogens (tertiary/aromatic N) is 1. The first-order valence-electron chi connectivity index (χ1n) is 6.77. The highest BCUT2D eigenvalue weighted by Crippen LogP contribution is 2.35. The van der Waals surface area contributed by atoms with Gasteiger partial charge in [0, 0.05) is 25.2 Å². The van der Waals surface area contributed by atoms with Gasteiger partial charge in [0.1, 0.15) is 5.76 Å². The Balaban J connectivity index is 2.27. The normalized spacial score (nSPS) is 16.0. The van der Waals surface area contributed by atoms with Crippen LogP contribution in [0, 0.1) is 15.9 Å². The van der Waals surface area contributed by atoms with Crippen LogP contribution in [0.2, 0.25) is 0 Å². The van der Waals surface area contributed by atoms with Gasteiger partial charge >= 0.3 is 5.69 Å². The highest BCUT2D eigenvalue weighted by atomic mass is 19.1. The molecule has 22 heavy (non-hydrogen) atoms. The lowest BCUT2D eigenvalue weighted by Gasteiger charge is -2.21. The van der Waals surface area contributed by atoms with E-state index in [2.05, 4.69) is 0 Å². The predicted molar refractivity (Wildman–Crippen MR) is 76.3 cm³/mol. The zero-order valence-electron chi connectivity index (χ0n) is 11.5. The highest BCUT2D eigenvalue weighted by Gasteiger charge is 2.27. The van der Waals surface area contributed by atoms with Crippen LogP contribution >= 0.6 is 0 Å². The number of rotatable bonds is 2. The number of fused-ring (bicyclic) bond motifs is 1. The lowest BCUT2D eigenvalue weighted by atomic mass is 9.96. The van der Waals surface area contributed by atoms with Gasteiger partial charge in [-0.25, -0.2) is 4.39 Å². The summed E-state index contributed by atoms with van der Waals surface area (Å²) in [4.78, 5) is 22.5. The van der Waals surface area contributed by atoms with Crippen LogP contribution < -0.4 is 11.2 Å². The molecule has 0 radical (unpaired) electrons. The number of halogens is 1. The first-order chi connectivity index (χ1) is 10.5. The van der Waals surface area contributed by atoms with E-state index in [9.17, 15) is 19.3 Å². The van der Waals surface area contributed by atoms with Crippen molar-refractivity contribution in [2.75, 3.05) is 18.9 Å². The second-order valence-corrected chi connectivity index (χ2v) is 5.15. The number of benzene rings is 1. The quantitative estimate of drug-likeness (QED) is 0.518. The molecular formula is C14H13FN2O5. The number of hydrogen-bond acceptors (Lipinski definition) is 6. The molecule has 2 aromatic rings. The van der Waals surface area contributed by atoms with Gasteiger partial charge < -0.3 is 14.9 Å². The van der Waals surface area contributed by atoms with Gasteiger partial charge in [-0.05, 0) is 18.9 Å². The topological polar surface area (TPSA) is 109 Å². The van der Waals surface area contributed by atoms with Crippen molar-refractivity contribution in [1.29, 1.82) is 0 Å². The van der Waals surface area contributed by atoms with E-state index < -0.39 is 27.5 Å². The van der Waals surface area contributed by atoms with E-state index in [0.717, 1.165) is 6.07 Å². The maximum Gasteiger partial charge on any atom is 0.337 e. The summed E-state index contributed by atoms with van der Waals surface area (Å²) in [5.41, 5.74) is 3.28. The Bertz CT molecular complexity index is 811. The Morgan fingerprint density at radius 3 is 2.64 bits per heavy atom. The number of nitrogen functional groups attached to an aromatic ring is 1. The average Bonchev–Trinajstić information content (AvgIpc) is 2.49. The Morgan fingerprint density at radius 1 is 1.32 bits per heavy atom. The van der Waals surface area contributed by atoms with Gasteiger partial charge in [0.2, 0.25) is 5.58 Å². The summed E-state index contributed by atoms with van der Waals surface area (Å²) in [6.45, 7) is 1.06. The summed E-state index contributed by atoms with van der Waals surface area (Å²) < 4.78 is 24.5. The van der Waals surface area contributed by atoms with Crippen LogP contribution in [0.3, 0.4) is 0 Å². The summed E-state index contributed by atoms with van der Waals surface area (Å²) in [5.74, 6) is -0.725. The summed E-state index contributed by atoms with van der Waals surface area (Å²) >= 11 is 0. The van der Waals surface area contributed by atoms with Crippen molar-refractivity contribution < 1.29 is 18.5 Å². The Kier molecular flexibility index (Phi) is 3.53. The molecule has 3 rings (SSSR count). The van der Waals surface area contributed by atoms with Crippen LogP contribution in [-0.2, 0) is 4.74 Å². The van der Waals surface area contributed by atoms with Crippen LogP contribution in [0.5, 0.6) is 0 Å². The third-order valence-corrected chi connectivity index (χ3v) is 3.81. The summed E-state index contributed by atoms with van der Waals surface area (Å²) in [7, 11) is 0. The molecule has 1 fully saturated rings. The Hall–Kier alpha value is -2.48. The summed E-state index contributed by atoms with van der Waals surface area (Å²) in [5, 5.41) is 11.0. The monoisotopic (exact) mass is 308 g/mol. The lowest BCUT2D eigenvalue weighted by Crippen LogP contribution is -2.16. The lowest BCUT2D eigenvalue weighted by molar-refractivity contribution is -0.382. The van der Waals surface area contributed by atoms with E-state index in [0.29, 0.717) is 31.8 Å². The summed E-state index contributed by atoms with van der Waals surface area (Å²) in [6.07, 6.45) is 1.30. The molecule has 0 bridgehead atoms. The molecule has 116 valence electrons. The fourth-order valence-electron chi connectivity index (χ4n) is 2.64. The molecule has 1 aromatic heterocycles. The zero-order chi connectivity index (χ0) is 15.9. The van der Waals surface area contributed by atoms with Crippen molar-refractivity contribution in [1.82, 2.24) is 0 Å². The van der Waals surface area contributed by atoms with Crippen molar-refractivity contribution in [3.8, 4) is 0 Å². The van der Waals surface area contributed by atoms with Gasteiger partial charge in [-0.2, -0.15) is 0 Å². The molecule has 0 unspecified atom stereocenters. The molecule has 0 saturated carbocycles. The maximum atomic E-state index is 13.7. The Morgan fingerprint density at radius 2 is 2.00 bits per heavy atom. The number of nitro benzene ring substituents is 1. The Labute approximate surface area is 123 Å². The van der Waals surface area contributed by atoms with Crippen LogP contribution in [0.25, 0.3) is 11.0 Å². The van der Waals surface area contributed by atoms with Gasteiger partial charge in [-0.1, -0.05) is 0 Å². The van der Waals surface area contributed by atoms with E-state index in [1.54, 1.807) is 0 Å². The van der Waals surface area contributed by atoms with E-state index in [-0.39, 0.29) is 16.9 Å². The zero-order valence-corrected chi connectivity index (χ0v) is 11.5. The van der Waals surface area contributed by atoms with Gasteiger partial charge in [-0.3, -0.25) is 14.9 Å². The van der Waals surface area contributed by atoms with Crippen LogP contribution in [0.15, 0.2) is 21.3 Å². The van der Waals surface area contributed by atoms with E-state index in [4.69, 9.17) is 14.9 Å². The van der Waals surface area contributed by atoms with Crippen molar-refractivity contribution in [3.05, 3.63) is 44.0 Å². The van der Waals surface area contributed by atoms with Gasteiger partial charge in [0.25, 0.3) is 0 Å². The standard InChI is InChI=1S/C14H13FN2O5/c15-9-5-8-10(18)6-11(7-1-3-21-4-2-7)22-14(8)13(12(9)16)17(19)20/h5-7H,1-4,16H2. The van der Waals surface area contributed by atoms with Crippen LogP contribution in [-0.4, -0.2) is 18.1 Å². The van der Waals surface area contributed by atoms with Gasteiger partial charge in [0.05, 0.1) is 10.3 Å². The summed E-state index contributed by atoms with van der Waals surface area (Å²) in [6, 6.07) is 2.13. The SMILES string of the molecule is Nc1c(F)cc2c(=O)cc(C3CCOCC3)oc2c1[N+](=O)[O-]. The number of ether oxygens (including phenoxy) is 1. The largest absolute Gasteiger partial charge is 0.453 e. The van der Waals surface area contributed by atoms with Crippen molar-refractivity contribution in [2.45, 2.75) is 18.8 Å². The maximum absolute atomic E-state index is 13.7. The molecule has 2 heterocycles. The number of nitro groups is 1. The first kappa shape index (κ1) is 14.5. The number of nitrogens with two attached hydrogens (primary N) is 1. The number of hydrogen-bond donors (Lipinski definition) is 1. The molecule has 1 aliphatic rings. The second kappa shape index (κ2) is 5.38. The molecule has 1 aromatic carbocycles. The van der Waals surface area contributed by atoms with Crippen molar-refractivity contribution in [2.24, 2.45) is 0 Å². The third kappa shape index (κ3) is 2.31. The van der Waals surface area contributed by atoms with E-state index >= 15 is 0 Å². The van der Waals surface area contributed by atoms with Gasteiger partial charge in [-0.15, -0.1) is 0 Å². The fraction of sp³-hybridized carbons (Fsp3) is 0.357. The fourth-order valence-corrected chi connectivity index (χ4v) is 2.64. The van der Waals surface area contributed by atoms with Gasteiger partial charge in [0.15, 0.2) is 16.9 Å². The molecule has 2 N–H and O–H groups in total. The minimum absolute atomic E-state index is 0.0586. The highest BCUT2D eigenvalue weighted by molar-refractivity contribution is 5.91. The van der Waals surface area contributed by atoms with Crippen LogP contribution in [0.1, 0.15) is 24.5 Å². The van der Waals surface area contributed by atoms with Crippen LogP contribution in [0.4, 0.5) is 15.8 Å². The molecular weight excluding hydrogens is 295 g/mol. The molecule has 0 atom stereocenters. The predicted octanol–water partition coefficient (Wildman–Crippen LogP) is 2.32. The molecule has 1 aliphatic heterocycles. The van der Waals surface area contributed by atoms with E-state index in [1.807, 2.05) is 0 Å². The average molecular weight is 308 g/mol. The van der Waals surface area contributed by atoms with Crippen molar-refractivity contribution >= 4 is 22.3 Å². The molecule has 8 heteroatoms. The van der Waals surface area contributed by atoms with Crippen molar-refractivity contribution in [3.63, 3.8) is 0 Å². The molecule has 0 spiro atoms. The molecule has 7 nitrogen and oxygen atoms in total. The number of anilines is 1. The second-order valence-electron chi connectivity index (χ2n) is 5.15. The first-order valence-corrected chi connectivity index (χ1v) is 6.77. The third-order valence-electron chi connectivity index (χ3n) is 3.81. The minimum Gasteiger partial charge on any atom is -0.453 e. The smallest absolute Gasteiger partial charge is 0.337 e. The molecule has 0 aliphatic carbocycles. The molecule has 0 amide bonds. The van der Waals surface area contributed by atoms with E-state index in [1.165, 1.54) is 6.07 Å². The molecule has 1 saturated heterocycles.